The third-order valence-electron chi connectivity index (χ3n) is 5.91. The molecule has 31 heavy (non-hydrogen) atoms. The predicted octanol–water partition coefficient (Wildman–Crippen LogP) is 2.34. The van der Waals surface area contributed by atoms with Gasteiger partial charge in [-0.15, -0.1) is 0 Å². The van der Waals surface area contributed by atoms with Gasteiger partial charge < -0.3 is 10.0 Å². The molecule has 1 saturated heterocycles. The van der Waals surface area contributed by atoms with Crippen molar-refractivity contribution >= 4 is 23.1 Å². The molecule has 0 radical (unpaired) electrons. The minimum absolute atomic E-state index is 0.0336. The number of hydrogen-bond donors (Lipinski definition) is 1. The maximum atomic E-state index is 14.5. The molecule has 0 aliphatic carbocycles. The van der Waals surface area contributed by atoms with E-state index in [-0.39, 0.29) is 12.3 Å². The number of hydrogen-bond acceptors (Lipinski definition) is 5. The van der Waals surface area contributed by atoms with Crippen LogP contribution in [0.2, 0.25) is 0 Å². The summed E-state index contributed by atoms with van der Waals surface area (Å²) >= 11 is 0. The van der Waals surface area contributed by atoms with Gasteiger partial charge in [-0.25, -0.2) is 9.29 Å². The zero-order chi connectivity index (χ0) is 22.1. The zero-order valence-electron chi connectivity index (χ0n) is 17.8. The molecule has 0 saturated carbocycles. The van der Waals surface area contributed by atoms with E-state index in [4.69, 9.17) is 0 Å². The Balaban J connectivity index is 1.79. The van der Waals surface area contributed by atoms with E-state index in [9.17, 15) is 19.1 Å². The monoisotopic (exact) mass is 423 g/mol. The van der Waals surface area contributed by atoms with Crippen LogP contribution in [0.15, 0.2) is 48.2 Å². The Kier molecular flexibility index (Phi) is 5.89. The summed E-state index contributed by atoms with van der Waals surface area (Å²) in [5, 5.41) is 9.20. The molecule has 0 atom stereocenters. The number of aliphatic hydroxyl groups is 1. The number of carbonyl (C=O) groups is 2. The van der Waals surface area contributed by atoms with Crippen molar-refractivity contribution in [3.05, 3.63) is 70.7 Å². The SMILES string of the molecule is Cc1ccc(C2=C(N3CCN(CCO)CC3)C(=O)N(c3ccccc3F)C2=O)c(C)c1. The zero-order valence-corrected chi connectivity index (χ0v) is 17.8. The van der Waals surface area contributed by atoms with Crippen LogP contribution >= 0.6 is 0 Å². The van der Waals surface area contributed by atoms with Gasteiger partial charge >= 0.3 is 0 Å². The van der Waals surface area contributed by atoms with Gasteiger partial charge in [0.2, 0.25) is 0 Å². The van der Waals surface area contributed by atoms with E-state index in [0.29, 0.717) is 49.6 Å². The van der Waals surface area contributed by atoms with Gasteiger partial charge in [0, 0.05) is 32.7 Å². The summed E-state index contributed by atoms with van der Waals surface area (Å²) in [6.07, 6.45) is 0. The highest BCUT2D eigenvalue weighted by molar-refractivity contribution is 6.45. The molecule has 0 spiro atoms. The van der Waals surface area contributed by atoms with E-state index in [0.717, 1.165) is 16.0 Å². The highest BCUT2D eigenvalue weighted by Crippen LogP contribution is 2.37. The van der Waals surface area contributed by atoms with Gasteiger partial charge in [-0.2, -0.15) is 0 Å². The lowest BCUT2D eigenvalue weighted by Gasteiger charge is -2.36. The summed E-state index contributed by atoms with van der Waals surface area (Å²) in [5.41, 5.74) is 3.25. The van der Waals surface area contributed by atoms with Gasteiger partial charge in [0.25, 0.3) is 11.8 Å². The number of carbonyl (C=O) groups excluding carboxylic acids is 2. The number of imide groups is 1. The molecule has 2 aliphatic heterocycles. The first kappa shape index (κ1) is 21.2. The van der Waals surface area contributed by atoms with E-state index < -0.39 is 17.6 Å². The van der Waals surface area contributed by atoms with E-state index in [1.165, 1.54) is 18.2 Å². The molecule has 0 unspecified atom stereocenters. The molecule has 2 amide bonds. The fourth-order valence-corrected chi connectivity index (χ4v) is 4.34. The number of piperazine rings is 1. The second-order valence-corrected chi connectivity index (χ2v) is 7.99. The largest absolute Gasteiger partial charge is 0.395 e. The van der Waals surface area contributed by atoms with Crippen molar-refractivity contribution in [3.63, 3.8) is 0 Å². The fourth-order valence-electron chi connectivity index (χ4n) is 4.34. The third kappa shape index (κ3) is 3.86. The Labute approximate surface area is 181 Å². The Bertz CT molecular complexity index is 1060. The van der Waals surface area contributed by atoms with Gasteiger partial charge in [-0.05, 0) is 37.1 Å². The van der Waals surface area contributed by atoms with E-state index in [2.05, 4.69) is 4.90 Å². The predicted molar refractivity (Wildman–Crippen MR) is 117 cm³/mol. The molecule has 0 aromatic heterocycles. The maximum absolute atomic E-state index is 14.5. The molecule has 1 N–H and O–H groups in total. The van der Waals surface area contributed by atoms with E-state index in [1.54, 1.807) is 6.07 Å². The Hall–Kier alpha value is -3.03. The molecule has 6 nitrogen and oxygen atoms in total. The van der Waals surface area contributed by atoms with Crippen molar-refractivity contribution in [1.82, 2.24) is 9.80 Å². The molecule has 2 heterocycles. The number of para-hydroxylation sites is 1. The highest BCUT2D eigenvalue weighted by atomic mass is 19.1. The number of nitrogens with zero attached hydrogens (tertiary/aromatic N) is 3. The van der Waals surface area contributed by atoms with Gasteiger partial charge in [0.1, 0.15) is 11.5 Å². The van der Waals surface area contributed by atoms with Crippen LogP contribution in [0.4, 0.5) is 10.1 Å². The van der Waals surface area contributed by atoms with Crippen LogP contribution in [-0.4, -0.2) is 66.1 Å². The van der Waals surface area contributed by atoms with Gasteiger partial charge in [-0.3, -0.25) is 14.5 Å². The number of rotatable bonds is 5. The standard InChI is InChI=1S/C24H26FN3O3/c1-16-7-8-18(17(2)15-16)21-22(27-11-9-26(10-12-27)13-14-29)24(31)28(23(21)30)20-6-4-3-5-19(20)25/h3-8,15,29H,9-14H2,1-2H3. The van der Waals surface area contributed by atoms with Crippen molar-refractivity contribution in [2.45, 2.75) is 13.8 Å². The molecule has 0 bridgehead atoms. The molecule has 1 fully saturated rings. The van der Waals surface area contributed by atoms with Crippen LogP contribution in [0, 0.1) is 19.7 Å². The molecular weight excluding hydrogens is 397 g/mol. The van der Waals surface area contributed by atoms with Gasteiger partial charge in [-0.1, -0.05) is 35.9 Å². The topological polar surface area (TPSA) is 64.1 Å². The van der Waals surface area contributed by atoms with Crippen molar-refractivity contribution < 1.29 is 19.1 Å². The van der Waals surface area contributed by atoms with Gasteiger partial charge in [0.15, 0.2) is 0 Å². The number of β-amino-alcohol motifs (C(OH)–C–C–N with tert-alkyl or cyclic N) is 1. The lowest BCUT2D eigenvalue weighted by Crippen LogP contribution is -2.48. The molecule has 2 aliphatic rings. The average Bonchev–Trinajstić information content (AvgIpc) is 3.00. The van der Waals surface area contributed by atoms with E-state index >= 15 is 0 Å². The van der Waals surface area contributed by atoms with Crippen molar-refractivity contribution in [1.29, 1.82) is 0 Å². The first-order chi connectivity index (χ1) is 14.9. The minimum atomic E-state index is -0.613. The summed E-state index contributed by atoms with van der Waals surface area (Å²) in [4.78, 5) is 32.1. The first-order valence-corrected chi connectivity index (χ1v) is 10.5. The fraction of sp³-hybridized carbons (Fsp3) is 0.333. The molecule has 7 heteroatoms. The van der Waals surface area contributed by atoms with Crippen LogP contribution < -0.4 is 4.90 Å². The van der Waals surface area contributed by atoms with Crippen LogP contribution in [0.5, 0.6) is 0 Å². The molecule has 2 aromatic carbocycles. The second kappa shape index (κ2) is 8.61. The lowest BCUT2D eigenvalue weighted by atomic mass is 9.97. The highest BCUT2D eigenvalue weighted by Gasteiger charge is 2.44. The molecule has 4 rings (SSSR count). The molecule has 2 aromatic rings. The normalized spacial score (nSPS) is 17.8. The maximum Gasteiger partial charge on any atom is 0.282 e. The smallest absolute Gasteiger partial charge is 0.282 e. The lowest BCUT2D eigenvalue weighted by molar-refractivity contribution is -0.120. The Morgan fingerprint density at radius 3 is 2.32 bits per heavy atom. The number of amides is 2. The summed E-state index contributed by atoms with van der Waals surface area (Å²) in [7, 11) is 0. The molecule has 162 valence electrons. The Morgan fingerprint density at radius 2 is 1.68 bits per heavy atom. The summed E-state index contributed by atoms with van der Waals surface area (Å²) in [6.45, 7) is 6.98. The summed E-state index contributed by atoms with van der Waals surface area (Å²) in [6, 6.07) is 11.6. The minimum Gasteiger partial charge on any atom is -0.395 e. The number of halogens is 1. The van der Waals surface area contributed by atoms with Gasteiger partial charge in [0.05, 0.1) is 17.9 Å². The number of aliphatic hydroxyl groups excluding tert-OH is 1. The van der Waals surface area contributed by atoms with Crippen LogP contribution in [-0.2, 0) is 9.59 Å². The van der Waals surface area contributed by atoms with Crippen molar-refractivity contribution in [3.8, 4) is 0 Å². The second-order valence-electron chi connectivity index (χ2n) is 7.99. The number of aryl methyl sites for hydroxylation is 2. The summed E-state index contributed by atoms with van der Waals surface area (Å²) < 4.78 is 14.5. The quantitative estimate of drug-likeness (QED) is 0.748. The molecular formula is C24H26FN3O3. The van der Waals surface area contributed by atoms with Crippen LogP contribution in [0.25, 0.3) is 5.57 Å². The van der Waals surface area contributed by atoms with E-state index in [1.807, 2.05) is 36.9 Å². The summed E-state index contributed by atoms with van der Waals surface area (Å²) in [5.74, 6) is -1.62. The number of benzene rings is 2. The van der Waals surface area contributed by atoms with Crippen LogP contribution in [0.1, 0.15) is 16.7 Å². The first-order valence-electron chi connectivity index (χ1n) is 10.5. The number of anilines is 1. The van der Waals surface area contributed by atoms with Crippen LogP contribution in [0.3, 0.4) is 0 Å². The average molecular weight is 423 g/mol. The van der Waals surface area contributed by atoms with Crippen molar-refractivity contribution in [2.75, 3.05) is 44.2 Å². The Morgan fingerprint density at radius 1 is 0.968 bits per heavy atom. The van der Waals surface area contributed by atoms with Crippen molar-refractivity contribution in [2.24, 2.45) is 0 Å². The third-order valence-corrected chi connectivity index (χ3v) is 5.91.